The van der Waals surface area contributed by atoms with Crippen LogP contribution < -0.4 is 5.73 Å². The maximum absolute atomic E-state index is 7.76. The monoisotopic (exact) mass is 324 g/mol. The summed E-state index contributed by atoms with van der Waals surface area (Å²) in [6, 6.07) is 5.85. The molecule has 1 aromatic heterocycles. The predicted molar refractivity (Wildman–Crippen MR) is 78.7 cm³/mol. The van der Waals surface area contributed by atoms with Gasteiger partial charge < -0.3 is 5.73 Å². The lowest BCUT2D eigenvalue weighted by molar-refractivity contribution is 0.873. The normalized spacial score (nSPS) is 10.6. The van der Waals surface area contributed by atoms with Gasteiger partial charge in [0, 0.05) is 11.1 Å². The van der Waals surface area contributed by atoms with E-state index in [2.05, 4.69) is 28.0 Å². The molecule has 0 atom stereocenters. The summed E-state index contributed by atoms with van der Waals surface area (Å²) in [6.45, 7) is 2.08. The van der Waals surface area contributed by atoms with Crippen LogP contribution in [0.4, 0.5) is 0 Å². The van der Waals surface area contributed by atoms with E-state index in [1.165, 1.54) is 0 Å². The Balaban J connectivity index is 2.59. The maximum Gasteiger partial charge on any atom is 0.126 e. The summed E-state index contributed by atoms with van der Waals surface area (Å²) >= 11 is 5.04. The molecule has 2 aromatic rings. The first kappa shape index (κ1) is 13.2. The van der Waals surface area contributed by atoms with Gasteiger partial charge in [-0.3, -0.25) is 5.41 Å². The van der Waals surface area contributed by atoms with Crippen LogP contribution >= 0.6 is 27.7 Å². The molecule has 4 nitrogen and oxygen atoms in total. The van der Waals surface area contributed by atoms with Crippen LogP contribution in [0.3, 0.4) is 0 Å². The zero-order valence-electron chi connectivity index (χ0n) is 9.85. The standard InChI is InChI=1S/C12H13BrN4S/c1-2-18-10-5-3-4-9(11(10)12(14)15)17-7-8(13)6-16-17/h3-7H,2H2,1H3,(H3,14,15). The van der Waals surface area contributed by atoms with Crippen LogP contribution in [0.2, 0.25) is 0 Å². The summed E-state index contributed by atoms with van der Waals surface area (Å²) in [5, 5.41) is 12.0. The first-order valence-corrected chi connectivity index (χ1v) is 7.22. The summed E-state index contributed by atoms with van der Waals surface area (Å²) in [5.74, 6) is 1.00. The van der Waals surface area contributed by atoms with E-state index in [-0.39, 0.29) is 5.84 Å². The Hall–Kier alpha value is -1.27. The number of nitrogens with two attached hydrogens (primary N) is 1. The minimum atomic E-state index is 0.0631. The number of nitrogen functional groups attached to an aromatic ring is 1. The molecule has 0 spiro atoms. The van der Waals surface area contributed by atoms with E-state index in [9.17, 15) is 0 Å². The SMILES string of the molecule is CCSc1cccc(-n2cc(Br)cn2)c1C(=N)N. The van der Waals surface area contributed by atoms with Gasteiger partial charge in [-0.2, -0.15) is 5.10 Å². The van der Waals surface area contributed by atoms with Crippen LogP contribution in [-0.2, 0) is 0 Å². The highest BCUT2D eigenvalue weighted by Crippen LogP contribution is 2.27. The summed E-state index contributed by atoms with van der Waals surface area (Å²) in [5.41, 5.74) is 7.27. The Labute approximate surface area is 118 Å². The quantitative estimate of drug-likeness (QED) is 0.516. The third-order valence-corrected chi connectivity index (χ3v) is 3.72. The van der Waals surface area contributed by atoms with E-state index < -0.39 is 0 Å². The van der Waals surface area contributed by atoms with E-state index >= 15 is 0 Å². The molecule has 0 aliphatic heterocycles. The summed E-state index contributed by atoms with van der Waals surface area (Å²) in [6.07, 6.45) is 3.56. The Morgan fingerprint density at radius 3 is 2.89 bits per heavy atom. The fourth-order valence-electron chi connectivity index (χ4n) is 1.69. The van der Waals surface area contributed by atoms with Crippen molar-refractivity contribution < 1.29 is 0 Å². The van der Waals surface area contributed by atoms with E-state index in [0.29, 0.717) is 0 Å². The van der Waals surface area contributed by atoms with Crippen molar-refractivity contribution >= 4 is 33.5 Å². The second-order valence-corrected chi connectivity index (χ2v) is 5.82. The van der Waals surface area contributed by atoms with Crippen molar-refractivity contribution in [2.45, 2.75) is 11.8 Å². The smallest absolute Gasteiger partial charge is 0.126 e. The third-order valence-electron chi connectivity index (χ3n) is 2.37. The molecule has 2 rings (SSSR count). The molecule has 18 heavy (non-hydrogen) atoms. The molecule has 3 N–H and O–H groups in total. The summed E-state index contributed by atoms with van der Waals surface area (Å²) < 4.78 is 2.62. The van der Waals surface area contributed by atoms with Crippen molar-refractivity contribution in [2.75, 3.05) is 5.75 Å². The maximum atomic E-state index is 7.76. The van der Waals surface area contributed by atoms with Crippen molar-refractivity contribution in [3.8, 4) is 5.69 Å². The highest BCUT2D eigenvalue weighted by Gasteiger charge is 2.13. The van der Waals surface area contributed by atoms with Crippen molar-refractivity contribution in [1.82, 2.24) is 9.78 Å². The minimum absolute atomic E-state index is 0.0631. The van der Waals surface area contributed by atoms with Gasteiger partial charge in [0.1, 0.15) is 5.84 Å². The Morgan fingerprint density at radius 2 is 2.33 bits per heavy atom. The molecule has 0 aliphatic carbocycles. The van der Waals surface area contributed by atoms with Crippen LogP contribution in [0.5, 0.6) is 0 Å². The van der Waals surface area contributed by atoms with E-state index in [0.717, 1.165) is 26.4 Å². The molecule has 94 valence electrons. The molecule has 0 amide bonds. The minimum Gasteiger partial charge on any atom is -0.384 e. The number of nitrogens with one attached hydrogen (secondary N) is 1. The van der Waals surface area contributed by atoms with Gasteiger partial charge in [0.2, 0.25) is 0 Å². The highest BCUT2D eigenvalue weighted by molar-refractivity contribution is 9.10. The number of hydrogen-bond donors (Lipinski definition) is 2. The van der Waals surface area contributed by atoms with Gasteiger partial charge in [0.05, 0.1) is 21.9 Å². The molecule has 1 heterocycles. The number of rotatable bonds is 4. The van der Waals surface area contributed by atoms with Crippen molar-refractivity contribution in [3.05, 3.63) is 40.6 Å². The number of aromatic nitrogens is 2. The zero-order chi connectivity index (χ0) is 13.1. The fourth-order valence-corrected chi connectivity index (χ4v) is 2.82. The third kappa shape index (κ3) is 2.59. The average molecular weight is 325 g/mol. The molecule has 0 aliphatic rings. The van der Waals surface area contributed by atoms with Crippen LogP contribution in [0.1, 0.15) is 12.5 Å². The van der Waals surface area contributed by atoms with E-state index in [1.54, 1.807) is 22.6 Å². The Morgan fingerprint density at radius 1 is 1.56 bits per heavy atom. The molecule has 6 heteroatoms. The van der Waals surface area contributed by atoms with E-state index in [4.69, 9.17) is 11.1 Å². The number of nitrogens with zero attached hydrogens (tertiary/aromatic N) is 2. The summed E-state index contributed by atoms with van der Waals surface area (Å²) in [7, 11) is 0. The van der Waals surface area contributed by atoms with Crippen LogP contribution in [0, 0.1) is 5.41 Å². The lowest BCUT2D eigenvalue weighted by Gasteiger charge is -2.12. The van der Waals surface area contributed by atoms with Gasteiger partial charge in [-0.25, -0.2) is 4.68 Å². The van der Waals surface area contributed by atoms with Gasteiger partial charge in [0.25, 0.3) is 0 Å². The number of amidine groups is 1. The molecule has 0 bridgehead atoms. The van der Waals surface area contributed by atoms with Gasteiger partial charge in [-0.05, 0) is 33.8 Å². The number of hydrogen-bond acceptors (Lipinski definition) is 3. The molecule has 0 radical (unpaired) electrons. The van der Waals surface area contributed by atoms with Crippen molar-refractivity contribution in [1.29, 1.82) is 5.41 Å². The second-order valence-electron chi connectivity index (χ2n) is 3.60. The Bertz CT molecular complexity index is 579. The largest absolute Gasteiger partial charge is 0.384 e. The molecule has 0 fully saturated rings. The molecule has 1 aromatic carbocycles. The molecule has 0 unspecified atom stereocenters. The molecule has 0 saturated carbocycles. The van der Waals surface area contributed by atoms with Crippen LogP contribution in [0.15, 0.2) is 40.0 Å². The number of halogens is 1. The number of benzene rings is 1. The highest BCUT2D eigenvalue weighted by atomic mass is 79.9. The lowest BCUT2D eigenvalue weighted by Crippen LogP contribution is -2.16. The topological polar surface area (TPSA) is 67.7 Å². The first-order chi connectivity index (χ1) is 8.63. The first-order valence-electron chi connectivity index (χ1n) is 5.44. The van der Waals surface area contributed by atoms with Gasteiger partial charge in [-0.15, -0.1) is 11.8 Å². The molecular weight excluding hydrogens is 312 g/mol. The van der Waals surface area contributed by atoms with Crippen molar-refractivity contribution in [3.63, 3.8) is 0 Å². The van der Waals surface area contributed by atoms with E-state index in [1.807, 2.05) is 24.4 Å². The summed E-state index contributed by atoms with van der Waals surface area (Å²) in [4.78, 5) is 1.01. The van der Waals surface area contributed by atoms with Crippen molar-refractivity contribution in [2.24, 2.45) is 5.73 Å². The van der Waals surface area contributed by atoms with Crippen LogP contribution in [0.25, 0.3) is 5.69 Å². The number of thioether (sulfide) groups is 1. The van der Waals surface area contributed by atoms with Gasteiger partial charge >= 0.3 is 0 Å². The predicted octanol–water partition coefficient (Wildman–Crippen LogP) is 3.03. The van der Waals surface area contributed by atoms with Crippen LogP contribution in [-0.4, -0.2) is 21.4 Å². The lowest BCUT2D eigenvalue weighted by atomic mass is 10.1. The van der Waals surface area contributed by atoms with Gasteiger partial charge in [-0.1, -0.05) is 13.0 Å². The molecule has 0 saturated heterocycles. The molecular formula is C12H13BrN4S. The second kappa shape index (κ2) is 5.58. The zero-order valence-corrected chi connectivity index (χ0v) is 12.3. The Kier molecular flexibility index (Phi) is 4.08. The van der Waals surface area contributed by atoms with Gasteiger partial charge in [0.15, 0.2) is 0 Å². The fraction of sp³-hybridized carbons (Fsp3) is 0.167. The average Bonchev–Trinajstić information content (AvgIpc) is 2.75.